The molecule has 1 heterocycles. The Bertz CT molecular complexity index is 554. The number of Topliss-reactive ketones (excluding diaryl/α,β-unsaturated/α-hetero) is 1. The van der Waals surface area contributed by atoms with Crippen LogP contribution in [0.3, 0.4) is 0 Å². The molecule has 5 heteroatoms. The number of carbonyl (C=O) groups is 1. The maximum absolute atomic E-state index is 14.0. The molecule has 0 aliphatic carbocycles. The van der Waals surface area contributed by atoms with Crippen LogP contribution < -0.4 is 4.90 Å². The van der Waals surface area contributed by atoms with Crippen molar-refractivity contribution in [3.63, 3.8) is 0 Å². The van der Waals surface area contributed by atoms with Gasteiger partial charge < -0.3 is 10.0 Å². The number of aliphatic hydroxyl groups is 1. The summed E-state index contributed by atoms with van der Waals surface area (Å²) in [6, 6.07) is 5.00. The number of nitrogens with zero attached hydrogens (tertiary/aromatic N) is 2. The predicted molar refractivity (Wildman–Crippen MR) is 86.0 cm³/mol. The number of rotatable bonds is 4. The average Bonchev–Trinajstić information content (AvgIpc) is 2.39. The van der Waals surface area contributed by atoms with Crippen LogP contribution in [0.1, 0.15) is 38.1 Å². The summed E-state index contributed by atoms with van der Waals surface area (Å²) in [4.78, 5) is 16.0. The third kappa shape index (κ3) is 3.84. The zero-order valence-electron chi connectivity index (χ0n) is 13.8. The lowest BCUT2D eigenvalue weighted by Gasteiger charge is -2.43. The number of hydrogen-bond donors (Lipinski definition) is 1. The van der Waals surface area contributed by atoms with Crippen LogP contribution in [0, 0.1) is 5.82 Å². The van der Waals surface area contributed by atoms with Crippen molar-refractivity contribution in [3.8, 4) is 0 Å². The van der Waals surface area contributed by atoms with Gasteiger partial charge in [0, 0.05) is 32.2 Å². The topological polar surface area (TPSA) is 43.8 Å². The number of carbonyl (C=O) groups excluding carboxylic acids is 1. The largest absolute Gasteiger partial charge is 0.389 e. The van der Waals surface area contributed by atoms with Gasteiger partial charge in [0.2, 0.25) is 0 Å². The zero-order chi connectivity index (χ0) is 16.5. The molecular weight excluding hydrogens is 283 g/mol. The smallest absolute Gasteiger partial charge is 0.164 e. The van der Waals surface area contributed by atoms with Crippen molar-refractivity contribution in [2.24, 2.45) is 0 Å². The summed E-state index contributed by atoms with van der Waals surface area (Å²) >= 11 is 0. The van der Waals surface area contributed by atoms with Gasteiger partial charge in [-0.1, -0.05) is 6.07 Å². The van der Waals surface area contributed by atoms with Crippen LogP contribution in [0.15, 0.2) is 18.2 Å². The van der Waals surface area contributed by atoms with Crippen LogP contribution >= 0.6 is 0 Å². The molecule has 22 heavy (non-hydrogen) atoms. The van der Waals surface area contributed by atoms with Gasteiger partial charge in [-0.05, 0) is 39.8 Å². The summed E-state index contributed by atoms with van der Waals surface area (Å²) < 4.78 is 14.0. The molecule has 1 N–H and O–H groups in total. The quantitative estimate of drug-likeness (QED) is 0.867. The van der Waals surface area contributed by atoms with Crippen LogP contribution in [0.2, 0.25) is 0 Å². The Morgan fingerprint density at radius 2 is 2.09 bits per heavy atom. The first kappa shape index (κ1) is 16.9. The van der Waals surface area contributed by atoms with E-state index in [9.17, 15) is 14.3 Å². The van der Waals surface area contributed by atoms with E-state index in [0.717, 1.165) is 6.54 Å². The molecule has 0 aromatic heterocycles. The van der Waals surface area contributed by atoms with Crippen LogP contribution in [0.5, 0.6) is 0 Å². The first-order chi connectivity index (χ1) is 10.2. The van der Waals surface area contributed by atoms with Crippen molar-refractivity contribution >= 4 is 11.5 Å². The van der Waals surface area contributed by atoms with Gasteiger partial charge in [0.05, 0.1) is 16.9 Å². The van der Waals surface area contributed by atoms with Crippen molar-refractivity contribution in [2.75, 3.05) is 31.1 Å². The van der Waals surface area contributed by atoms with Crippen LogP contribution in [0.25, 0.3) is 0 Å². The molecule has 0 unspecified atom stereocenters. The van der Waals surface area contributed by atoms with Gasteiger partial charge in [0.25, 0.3) is 0 Å². The zero-order valence-corrected chi connectivity index (χ0v) is 13.8. The van der Waals surface area contributed by atoms with Gasteiger partial charge in [-0.2, -0.15) is 0 Å². The highest BCUT2D eigenvalue weighted by atomic mass is 19.1. The highest BCUT2D eigenvalue weighted by Gasteiger charge is 2.29. The van der Waals surface area contributed by atoms with E-state index < -0.39 is 11.4 Å². The fourth-order valence-corrected chi connectivity index (χ4v) is 3.07. The minimum Gasteiger partial charge on any atom is -0.389 e. The molecule has 1 fully saturated rings. The summed E-state index contributed by atoms with van der Waals surface area (Å²) in [6.45, 7) is 9.88. The molecule has 1 aliphatic heterocycles. The van der Waals surface area contributed by atoms with E-state index in [4.69, 9.17) is 0 Å². The molecule has 122 valence electrons. The maximum Gasteiger partial charge on any atom is 0.164 e. The Morgan fingerprint density at radius 1 is 1.41 bits per heavy atom. The maximum atomic E-state index is 14.0. The minimum atomic E-state index is -0.736. The Morgan fingerprint density at radius 3 is 2.64 bits per heavy atom. The Hall–Kier alpha value is -1.46. The number of anilines is 1. The van der Waals surface area contributed by atoms with Crippen LogP contribution in [-0.4, -0.2) is 53.6 Å². The van der Waals surface area contributed by atoms with Crippen molar-refractivity contribution in [1.82, 2.24) is 4.90 Å². The predicted octanol–water partition coefficient (Wildman–Crippen LogP) is 2.31. The van der Waals surface area contributed by atoms with Crippen LogP contribution in [-0.2, 0) is 0 Å². The number of benzene rings is 1. The number of ketones is 1. The lowest BCUT2D eigenvalue weighted by Crippen LogP contribution is -2.55. The average molecular weight is 308 g/mol. The molecule has 0 amide bonds. The van der Waals surface area contributed by atoms with E-state index in [0.29, 0.717) is 25.3 Å². The normalized spacial score (nSPS) is 20.3. The molecule has 1 aromatic carbocycles. The lowest BCUT2D eigenvalue weighted by molar-refractivity contribution is 0.0201. The molecule has 0 saturated carbocycles. The van der Waals surface area contributed by atoms with Gasteiger partial charge in [-0.3, -0.25) is 9.69 Å². The number of halogens is 1. The SMILES string of the molecule is CC(=O)c1c(F)cccc1N1CCN(CC(C)(C)O)[C@@H](C)C1. The lowest BCUT2D eigenvalue weighted by atomic mass is 10.0. The molecule has 0 radical (unpaired) electrons. The second-order valence-corrected chi connectivity index (χ2v) is 6.77. The van der Waals surface area contributed by atoms with Gasteiger partial charge >= 0.3 is 0 Å². The third-order valence-corrected chi connectivity index (χ3v) is 4.04. The molecule has 0 bridgehead atoms. The first-order valence-corrected chi connectivity index (χ1v) is 7.70. The molecular formula is C17H25FN2O2. The van der Waals surface area contributed by atoms with E-state index in [-0.39, 0.29) is 17.4 Å². The summed E-state index contributed by atoms with van der Waals surface area (Å²) in [5, 5.41) is 9.97. The van der Waals surface area contributed by atoms with E-state index in [2.05, 4.69) is 16.7 Å². The van der Waals surface area contributed by atoms with Gasteiger partial charge in [0.1, 0.15) is 5.82 Å². The number of piperazine rings is 1. The summed E-state index contributed by atoms with van der Waals surface area (Å²) in [7, 11) is 0. The molecule has 1 aliphatic rings. The van der Waals surface area contributed by atoms with Gasteiger partial charge in [-0.25, -0.2) is 4.39 Å². The Balaban J connectivity index is 2.18. The number of hydrogen-bond acceptors (Lipinski definition) is 4. The van der Waals surface area contributed by atoms with Crippen molar-refractivity contribution in [1.29, 1.82) is 0 Å². The van der Waals surface area contributed by atoms with E-state index in [1.807, 2.05) is 0 Å². The van der Waals surface area contributed by atoms with Gasteiger partial charge in [0.15, 0.2) is 5.78 Å². The summed E-state index contributed by atoms with van der Waals surface area (Å²) in [5.41, 5.74) is 0.104. The highest BCUT2D eigenvalue weighted by Crippen LogP contribution is 2.26. The van der Waals surface area contributed by atoms with Crippen LogP contribution in [0.4, 0.5) is 10.1 Å². The fourth-order valence-electron chi connectivity index (χ4n) is 3.07. The third-order valence-electron chi connectivity index (χ3n) is 4.04. The molecule has 1 atom stereocenters. The van der Waals surface area contributed by atoms with E-state index >= 15 is 0 Å². The molecule has 1 saturated heterocycles. The minimum absolute atomic E-state index is 0.172. The number of β-amino-alcohol motifs (C(OH)–C–C–N with tert-alkyl or cyclic N) is 1. The van der Waals surface area contributed by atoms with Crippen molar-refractivity contribution < 1.29 is 14.3 Å². The van der Waals surface area contributed by atoms with Crippen molar-refractivity contribution in [2.45, 2.75) is 39.3 Å². The van der Waals surface area contributed by atoms with Crippen molar-refractivity contribution in [3.05, 3.63) is 29.6 Å². The van der Waals surface area contributed by atoms with E-state index in [1.165, 1.54) is 13.0 Å². The molecule has 1 aromatic rings. The first-order valence-electron chi connectivity index (χ1n) is 7.70. The fraction of sp³-hybridized carbons (Fsp3) is 0.588. The van der Waals surface area contributed by atoms with Gasteiger partial charge in [-0.15, -0.1) is 0 Å². The molecule has 4 nitrogen and oxygen atoms in total. The Kier molecular flexibility index (Phi) is 4.87. The second-order valence-electron chi connectivity index (χ2n) is 6.77. The highest BCUT2D eigenvalue weighted by molar-refractivity contribution is 6.00. The Labute approximate surface area is 131 Å². The van der Waals surface area contributed by atoms with E-state index in [1.54, 1.807) is 26.0 Å². The molecule has 2 rings (SSSR count). The second kappa shape index (κ2) is 6.34. The summed E-state index contributed by atoms with van der Waals surface area (Å²) in [5.74, 6) is -0.712. The summed E-state index contributed by atoms with van der Waals surface area (Å²) in [6.07, 6.45) is 0. The molecule has 0 spiro atoms. The monoisotopic (exact) mass is 308 g/mol. The standard InChI is InChI=1S/C17H25FN2O2/c1-12-10-19(8-9-20(12)11-17(3,4)22)15-7-5-6-14(18)16(15)13(2)21/h5-7,12,22H,8-11H2,1-4H3/t12-/m0/s1.